The van der Waals surface area contributed by atoms with E-state index in [2.05, 4.69) is 11.9 Å². The molecule has 0 unspecified atom stereocenters. The first-order valence-corrected chi connectivity index (χ1v) is 8.78. The molecule has 0 aliphatic carbocycles. The van der Waals surface area contributed by atoms with E-state index in [1.54, 1.807) is 13.2 Å². The normalized spacial score (nSPS) is 23.8. The number of piperidine rings is 1. The molecule has 1 aromatic rings. The van der Waals surface area contributed by atoms with Gasteiger partial charge in [0.25, 0.3) is 0 Å². The van der Waals surface area contributed by atoms with Crippen molar-refractivity contribution in [3.63, 3.8) is 0 Å². The highest BCUT2D eigenvalue weighted by atomic mass is 19.1. The minimum atomic E-state index is -0.283. The Morgan fingerprint density at radius 1 is 1.33 bits per heavy atom. The Morgan fingerprint density at radius 2 is 2.08 bits per heavy atom. The molecule has 0 saturated carbocycles. The lowest BCUT2D eigenvalue weighted by molar-refractivity contribution is -0.133. The number of ether oxygens (including phenoxy) is 1. The average molecular weight is 334 g/mol. The zero-order valence-corrected chi connectivity index (χ0v) is 14.6. The van der Waals surface area contributed by atoms with Crippen LogP contribution in [0.1, 0.15) is 31.2 Å². The van der Waals surface area contributed by atoms with Gasteiger partial charge in [0.1, 0.15) is 5.82 Å². The molecule has 2 fully saturated rings. The van der Waals surface area contributed by atoms with E-state index in [1.807, 2.05) is 11.0 Å². The molecule has 1 atom stereocenters. The van der Waals surface area contributed by atoms with Gasteiger partial charge in [-0.25, -0.2) is 4.39 Å². The molecule has 2 aliphatic heterocycles. The van der Waals surface area contributed by atoms with Crippen LogP contribution in [0.3, 0.4) is 0 Å². The fourth-order valence-corrected chi connectivity index (χ4v) is 4.29. The number of rotatable bonds is 4. The van der Waals surface area contributed by atoms with Gasteiger partial charge >= 0.3 is 0 Å². The summed E-state index contributed by atoms with van der Waals surface area (Å²) in [5.41, 5.74) is 0.970. The number of nitrogens with zero attached hydrogens (tertiary/aromatic N) is 2. The molecule has 24 heavy (non-hydrogen) atoms. The fraction of sp³-hybridized carbons (Fsp3) is 0.632. The van der Waals surface area contributed by atoms with Crippen LogP contribution in [0.2, 0.25) is 0 Å². The molecule has 4 nitrogen and oxygen atoms in total. The number of hydrogen-bond donors (Lipinski definition) is 0. The van der Waals surface area contributed by atoms with Crippen molar-refractivity contribution in [3.8, 4) is 0 Å². The first-order chi connectivity index (χ1) is 11.5. The molecule has 0 bridgehead atoms. The second-order valence-corrected chi connectivity index (χ2v) is 7.17. The molecule has 3 rings (SSSR count). The number of methoxy groups -OCH3 is 1. The van der Waals surface area contributed by atoms with E-state index in [0.717, 1.165) is 38.1 Å². The maximum atomic E-state index is 13.3. The molecule has 1 spiro atoms. The van der Waals surface area contributed by atoms with E-state index >= 15 is 0 Å². The molecular formula is C19H27FN2O2. The molecule has 1 aromatic carbocycles. The third-order valence-corrected chi connectivity index (χ3v) is 5.89. The molecule has 0 aromatic heterocycles. The van der Waals surface area contributed by atoms with Crippen LogP contribution in [-0.4, -0.2) is 61.1 Å². The Balaban J connectivity index is 1.56. The summed E-state index contributed by atoms with van der Waals surface area (Å²) in [6.45, 7) is 2.36. The van der Waals surface area contributed by atoms with Gasteiger partial charge in [0.2, 0.25) is 5.91 Å². The van der Waals surface area contributed by atoms with Crippen molar-refractivity contribution in [1.29, 1.82) is 0 Å². The highest BCUT2D eigenvalue weighted by Crippen LogP contribution is 2.40. The summed E-state index contributed by atoms with van der Waals surface area (Å²) in [6.07, 6.45) is 4.66. The van der Waals surface area contributed by atoms with Crippen LogP contribution < -0.4 is 0 Å². The predicted molar refractivity (Wildman–Crippen MR) is 91.3 cm³/mol. The van der Waals surface area contributed by atoms with Crippen LogP contribution in [0, 0.1) is 5.82 Å². The molecule has 5 heteroatoms. The van der Waals surface area contributed by atoms with Crippen molar-refractivity contribution in [2.24, 2.45) is 0 Å². The number of carbonyl (C=O) groups excluding carboxylic acids is 1. The van der Waals surface area contributed by atoms with Gasteiger partial charge in [-0.2, -0.15) is 0 Å². The van der Waals surface area contributed by atoms with Gasteiger partial charge in [0, 0.05) is 31.8 Å². The number of benzene rings is 1. The summed E-state index contributed by atoms with van der Waals surface area (Å²) in [4.78, 5) is 16.9. The smallest absolute Gasteiger partial charge is 0.226 e. The van der Waals surface area contributed by atoms with Crippen molar-refractivity contribution in [2.75, 3.05) is 33.9 Å². The van der Waals surface area contributed by atoms with Crippen LogP contribution in [0.4, 0.5) is 4.39 Å². The Hall–Kier alpha value is -1.46. The van der Waals surface area contributed by atoms with Crippen LogP contribution in [-0.2, 0) is 16.0 Å². The molecule has 2 saturated heterocycles. The molecule has 1 amide bonds. The van der Waals surface area contributed by atoms with Gasteiger partial charge in [-0.3, -0.25) is 9.69 Å². The maximum Gasteiger partial charge on any atom is 0.226 e. The summed E-state index contributed by atoms with van der Waals surface area (Å²) >= 11 is 0. The van der Waals surface area contributed by atoms with Crippen LogP contribution in [0.5, 0.6) is 0 Å². The third-order valence-electron chi connectivity index (χ3n) is 5.89. The minimum absolute atomic E-state index is 0.101. The maximum absolute atomic E-state index is 13.3. The highest BCUT2D eigenvalue weighted by molar-refractivity contribution is 5.78. The van der Waals surface area contributed by atoms with E-state index in [9.17, 15) is 9.18 Å². The molecule has 2 aliphatic rings. The number of amides is 1. The standard InChI is InChI=1S/C19H27FN2O2/c1-21-17(14-24-2)6-7-19(21)8-10-22(11-9-19)18(23)13-15-4-3-5-16(20)12-15/h3-5,12,17H,6-11,13-14H2,1-2H3/t17-/m1/s1. The first kappa shape index (κ1) is 17.4. The summed E-state index contributed by atoms with van der Waals surface area (Å²) in [7, 11) is 3.95. The van der Waals surface area contributed by atoms with Gasteiger partial charge in [0.05, 0.1) is 13.0 Å². The van der Waals surface area contributed by atoms with Crippen molar-refractivity contribution in [2.45, 2.75) is 43.7 Å². The topological polar surface area (TPSA) is 32.8 Å². The summed E-state index contributed by atoms with van der Waals surface area (Å²) in [5, 5.41) is 0. The van der Waals surface area contributed by atoms with E-state index in [0.29, 0.717) is 6.04 Å². The molecule has 2 heterocycles. The zero-order valence-electron chi connectivity index (χ0n) is 14.6. The third kappa shape index (κ3) is 3.47. The molecular weight excluding hydrogens is 307 g/mol. The Morgan fingerprint density at radius 3 is 2.75 bits per heavy atom. The van der Waals surface area contributed by atoms with Crippen molar-refractivity contribution >= 4 is 5.91 Å². The molecule has 0 N–H and O–H groups in total. The summed E-state index contributed by atoms with van der Waals surface area (Å²) in [5.74, 6) is -0.181. The van der Waals surface area contributed by atoms with Crippen molar-refractivity contribution in [3.05, 3.63) is 35.6 Å². The second-order valence-electron chi connectivity index (χ2n) is 7.17. The van der Waals surface area contributed by atoms with E-state index in [1.165, 1.54) is 25.0 Å². The molecule has 132 valence electrons. The van der Waals surface area contributed by atoms with Gasteiger partial charge in [-0.15, -0.1) is 0 Å². The zero-order chi connectivity index (χ0) is 17.2. The monoisotopic (exact) mass is 334 g/mol. The number of halogens is 1. The lowest BCUT2D eigenvalue weighted by atomic mass is 9.85. The van der Waals surface area contributed by atoms with Gasteiger partial charge in [-0.05, 0) is 50.4 Å². The number of carbonyl (C=O) groups is 1. The first-order valence-electron chi connectivity index (χ1n) is 8.78. The number of hydrogen-bond acceptors (Lipinski definition) is 3. The summed E-state index contributed by atoms with van der Waals surface area (Å²) in [6, 6.07) is 6.82. The van der Waals surface area contributed by atoms with Crippen LogP contribution in [0.15, 0.2) is 24.3 Å². The SMILES string of the molecule is COC[C@H]1CCC2(CCN(C(=O)Cc3cccc(F)c3)CC2)N1C. The van der Waals surface area contributed by atoms with Crippen LogP contribution in [0.25, 0.3) is 0 Å². The average Bonchev–Trinajstić information content (AvgIpc) is 2.86. The lowest BCUT2D eigenvalue weighted by Gasteiger charge is -2.45. The number of likely N-dealkylation sites (tertiary alicyclic amines) is 2. The van der Waals surface area contributed by atoms with E-state index in [4.69, 9.17) is 4.74 Å². The summed E-state index contributed by atoms with van der Waals surface area (Å²) < 4.78 is 18.6. The van der Waals surface area contributed by atoms with Crippen LogP contribution >= 0.6 is 0 Å². The molecule has 0 radical (unpaired) electrons. The predicted octanol–water partition coefficient (Wildman–Crippen LogP) is 2.47. The Labute approximate surface area is 143 Å². The van der Waals surface area contributed by atoms with E-state index in [-0.39, 0.29) is 23.7 Å². The Kier molecular flexibility index (Phi) is 5.21. The van der Waals surface area contributed by atoms with E-state index < -0.39 is 0 Å². The van der Waals surface area contributed by atoms with Crippen molar-refractivity contribution < 1.29 is 13.9 Å². The van der Waals surface area contributed by atoms with Gasteiger partial charge in [-0.1, -0.05) is 12.1 Å². The number of likely N-dealkylation sites (N-methyl/N-ethyl adjacent to an activating group) is 1. The lowest BCUT2D eigenvalue weighted by Crippen LogP contribution is -2.54. The Bertz CT molecular complexity index is 584. The van der Waals surface area contributed by atoms with Gasteiger partial charge in [0.15, 0.2) is 0 Å². The largest absolute Gasteiger partial charge is 0.383 e. The minimum Gasteiger partial charge on any atom is -0.383 e. The fourth-order valence-electron chi connectivity index (χ4n) is 4.29. The quantitative estimate of drug-likeness (QED) is 0.848. The van der Waals surface area contributed by atoms with Crippen molar-refractivity contribution in [1.82, 2.24) is 9.80 Å². The second kappa shape index (κ2) is 7.19. The van der Waals surface area contributed by atoms with Gasteiger partial charge < -0.3 is 9.64 Å². The highest BCUT2D eigenvalue weighted by Gasteiger charge is 2.46.